The molecule has 110 valence electrons. The van der Waals surface area contributed by atoms with E-state index in [1.807, 2.05) is 0 Å². The Balaban J connectivity index is 1.65. The molecule has 1 aliphatic carbocycles. The van der Waals surface area contributed by atoms with Gasteiger partial charge in [0.1, 0.15) is 0 Å². The van der Waals surface area contributed by atoms with Gasteiger partial charge in [0.2, 0.25) is 0 Å². The van der Waals surface area contributed by atoms with Gasteiger partial charge in [0.05, 0.1) is 0 Å². The van der Waals surface area contributed by atoms with Crippen molar-refractivity contribution < 1.29 is 4.79 Å². The van der Waals surface area contributed by atoms with Crippen LogP contribution in [0.1, 0.15) is 43.0 Å². The molecular weight excluding hydrogens is 272 g/mol. The van der Waals surface area contributed by atoms with Crippen molar-refractivity contribution >= 4 is 17.5 Å². The van der Waals surface area contributed by atoms with E-state index in [9.17, 15) is 4.79 Å². The molecule has 2 N–H and O–H groups in total. The second-order valence-electron chi connectivity index (χ2n) is 5.69. The summed E-state index contributed by atoms with van der Waals surface area (Å²) in [6.45, 7) is 3.80. The summed E-state index contributed by atoms with van der Waals surface area (Å²) in [5.74, 6) is 0.783. The lowest BCUT2D eigenvalue weighted by Gasteiger charge is -2.27. The first-order chi connectivity index (χ1) is 9.65. The number of hydrogen-bond acceptors (Lipinski definition) is 2. The first-order valence-electron chi connectivity index (χ1n) is 7.42. The van der Waals surface area contributed by atoms with Crippen LogP contribution in [0.4, 0.5) is 0 Å². The van der Waals surface area contributed by atoms with Crippen LogP contribution in [0.3, 0.4) is 0 Å². The van der Waals surface area contributed by atoms with Crippen LogP contribution < -0.4 is 10.6 Å². The third-order valence-electron chi connectivity index (χ3n) is 3.89. The first kappa shape index (κ1) is 15.3. The van der Waals surface area contributed by atoms with Gasteiger partial charge in [-0.15, -0.1) is 0 Å². The van der Waals surface area contributed by atoms with E-state index in [-0.39, 0.29) is 5.91 Å². The van der Waals surface area contributed by atoms with E-state index in [1.54, 1.807) is 24.3 Å². The second kappa shape index (κ2) is 7.65. The molecule has 0 radical (unpaired) electrons. The summed E-state index contributed by atoms with van der Waals surface area (Å²) in [5, 5.41) is 7.10. The Hall–Kier alpha value is -1.06. The average Bonchev–Trinajstić information content (AvgIpc) is 2.44. The number of nitrogens with one attached hydrogen (secondary N) is 2. The molecule has 2 atom stereocenters. The third kappa shape index (κ3) is 4.80. The molecule has 1 fully saturated rings. The molecule has 1 aromatic carbocycles. The number of carbonyl (C=O) groups is 1. The normalized spacial score (nSPS) is 22.5. The van der Waals surface area contributed by atoms with Gasteiger partial charge >= 0.3 is 0 Å². The number of carbonyl (C=O) groups excluding carboxylic acids is 1. The maximum Gasteiger partial charge on any atom is 0.251 e. The lowest BCUT2D eigenvalue weighted by atomic mass is 9.87. The van der Waals surface area contributed by atoms with Crippen molar-refractivity contribution in [1.82, 2.24) is 10.6 Å². The third-order valence-corrected chi connectivity index (χ3v) is 4.14. The molecule has 0 unspecified atom stereocenters. The summed E-state index contributed by atoms with van der Waals surface area (Å²) in [6, 6.07) is 7.57. The molecule has 2 rings (SSSR count). The molecule has 20 heavy (non-hydrogen) atoms. The zero-order chi connectivity index (χ0) is 14.4. The highest BCUT2D eigenvalue weighted by molar-refractivity contribution is 6.30. The minimum Gasteiger partial charge on any atom is -0.351 e. The van der Waals surface area contributed by atoms with Crippen molar-refractivity contribution in [3.63, 3.8) is 0 Å². The van der Waals surface area contributed by atoms with Crippen molar-refractivity contribution in [2.45, 2.75) is 38.6 Å². The van der Waals surface area contributed by atoms with Gasteiger partial charge in [0.25, 0.3) is 5.91 Å². The fraction of sp³-hybridized carbons (Fsp3) is 0.562. The van der Waals surface area contributed by atoms with Gasteiger partial charge in [0.15, 0.2) is 0 Å². The summed E-state index contributed by atoms with van der Waals surface area (Å²) in [4.78, 5) is 11.9. The standard InChI is InChI=1S/C16H23ClN2O/c1-12-3-2-4-15(11-12)18-9-10-19-16(20)13-5-7-14(17)8-6-13/h5-8,12,15,18H,2-4,9-11H2,1H3,(H,19,20)/t12-,15+/m0/s1. The summed E-state index contributed by atoms with van der Waals surface area (Å²) < 4.78 is 0. The van der Waals surface area contributed by atoms with Gasteiger partial charge in [-0.05, 0) is 43.0 Å². The van der Waals surface area contributed by atoms with Gasteiger partial charge in [0, 0.05) is 29.7 Å². The lowest BCUT2D eigenvalue weighted by Crippen LogP contribution is -2.39. The fourth-order valence-electron chi connectivity index (χ4n) is 2.78. The molecule has 3 nitrogen and oxygen atoms in total. The summed E-state index contributed by atoms with van der Waals surface area (Å²) in [7, 11) is 0. The van der Waals surface area contributed by atoms with Gasteiger partial charge in [-0.3, -0.25) is 4.79 Å². The van der Waals surface area contributed by atoms with Crippen LogP contribution in [-0.2, 0) is 0 Å². The van der Waals surface area contributed by atoms with Gasteiger partial charge in [-0.1, -0.05) is 31.4 Å². The highest BCUT2D eigenvalue weighted by atomic mass is 35.5. The smallest absolute Gasteiger partial charge is 0.251 e. The van der Waals surface area contributed by atoms with E-state index in [0.717, 1.165) is 12.5 Å². The second-order valence-corrected chi connectivity index (χ2v) is 6.12. The zero-order valence-corrected chi connectivity index (χ0v) is 12.7. The Kier molecular flexibility index (Phi) is 5.86. The molecule has 0 spiro atoms. The van der Waals surface area contributed by atoms with E-state index in [2.05, 4.69) is 17.6 Å². The average molecular weight is 295 g/mol. The SMILES string of the molecule is C[C@H]1CCC[C@@H](NCCNC(=O)c2ccc(Cl)cc2)C1. The topological polar surface area (TPSA) is 41.1 Å². The fourth-order valence-corrected chi connectivity index (χ4v) is 2.90. The number of halogens is 1. The van der Waals surface area contributed by atoms with Crippen molar-refractivity contribution in [3.8, 4) is 0 Å². The molecule has 1 amide bonds. The van der Waals surface area contributed by atoms with E-state index in [1.165, 1.54) is 25.7 Å². The van der Waals surface area contributed by atoms with E-state index in [0.29, 0.717) is 23.2 Å². The van der Waals surface area contributed by atoms with Crippen LogP contribution in [0.2, 0.25) is 5.02 Å². The Morgan fingerprint density at radius 3 is 2.70 bits per heavy atom. The van der Waals surface area contributed by atoms with Crippen LogP contribution in [0, 0.1) is 5.92 Å². The zero-order valence-electron chi connectivity index (χ0n) is 12.0. The van der Waals surface area contributed by atoms with Crippen molar-refractivity contribution in [3.05, 3.63) is 34.9 Å². The molecule has 0 aromatic heterocycles. The minimum absolute atomic E-state index is 0.0412. The predicted octanol–water partition coefficient (Wildman–Crippen LogP) is 3.24. The van der Waals surface area contributed by atoms with E-state index < -0.39 is 0 Å². The Morgan fingerprint density at radius 2 is 2.00 bits per heavy atom. The molecule has 4 heteroatoms. The monoisotopic (exact) mass is 294 g/mol. The van der Waals surface area contributed by atoms with Gasteiger partial charge in [-0.25, -0.2) is 0 Å². The minimum atomic E-state index is -0.0412. The molecule has 1 saturated carbocycles. The van der Waals surface area contributed by atoms with Crippen LogP contribution in [0.25, 0.3) is 0 Å². The highest BCUT2D eigenvalue weighted by Crippen LogP contribution is 2.23. The van der Waals surface area contributed by atoms with Crippen LogP contribution in [0.5, 0.6) is 0 Å². The van der Waals surface area contributed by atoms with Crippen molar-refractivity contribution in [2.24, 2.45) is 5.92 Å². The van der Waals surface area contributed by atoms with Crippen LogP contribution >= 0.6 is 11.6 Å². The number of hydrogen-bond donors (Lipinski definition) is 2. The quantitative estimate of drug-likeness (QED) is 0.819. The highest BCUT2D eigenvalue weighted by Gasteiger charge is 2.17. The maximum atomic E-state index is 11.9. The van der Waals surface area contributed by atoms with Gasteiger partial charge < -0.3 is 10.6 Å². The Bertz CT molecular complexity index is 433. The number of benzene rings is 1. The summed E-state index contributed by atoms with van der Waals surface area (Å²) in [5.41, 5.74) is 0.653. The maximum absolute atomic E-state index is 11.9. The largest absolute Gasteiger partial charge is 0.351 e. The lowest BCUT2D eigenvalue weighted by molar-refractivity contribution is 0.0953. The predicted molar refractivity (Wildman–Crippen MR) is 83.2 cm³/mol. The van der Waals surface area contributed by atoms with Crippen molar-refractivity contribution in [2.75, 3.05) is 13.1 Å². The molecule has 0 aliphatic heterocycles. The number of rotatable bonds is 5. The summed E-state index contributed by atoms with van der Waals surface area (Å²) >= 11 is 5.80. The molecule has 0 bridgehead atoms. The van der Waals surface area contributed by atoms with Crippen LogP contribution in [0.15, 0.2) is 24.3 Å². The van der Waals surface area contributed by atoms with Crippen LogP contribution in [-0.4, -0.2) is 25.0 Å². The Labute approximate surface area is 126 Å². The molecule has 0 saturated heterocycles. The van der Waals surface area contributed by atoms with E-state index in [4.69, 9.17) is 11.6 Å². The van der Waals surface area contributed by atoms with Crippen molar-refractivity contribution in [1.29, 1.82) is 0 Å². The molecule has 1 aliphatic rings. The Morgan fingerprint density at radius 1 is 1.25 bits per heavy atom. The van der Waals surface area contributed by atoms with E-state index >= 15 is 0 Å². The number of amides is 1. The molecular formula is C16H23ClN2O. The van der Waals surface area contributed by atoms with Gasteiger partial charge in [-0.2, -0.15) is 0 Å². The first-order valence-corrected chi connectivity index (χ1v) is 7.80. The molecule has 0 heterocycles. The summed E-state index contributed by atoms with van der Waals surface area (Å²) in [6.07, 6.45) is 5.18. The molecule has 1 aromatic rings.